The summed E-state index contributed by atoms with van der Waals surface area (Å²) in [6.07, 6.45) is 7.30. The molecule has 174 valence electrons. The Kier molecular flexibility index (Phi) is 4.37. The molecule has 0 unspecified atom stereocenters. The molecule has 0 radical (unpaired) electrons. The zero-order chi connectivity index (χ0) is 23.9. The molecule has 3 aromatic carbocycles. The summed E-state index contributed by atoms with van der Waals surface area (Å²) in [6, 6.07) is 23.0. The molecule has 7 rings (SSSR count). The van der Waals surface area contributed by atoms with Gasteiger partial charge in [0.1, 0.15) is 18.2 Å². The fourth-order valence-corrected chi connectivity index (χ4v) is 6.91. The highest BCUT2D eigenvalue weighted by atomic mass is 16.3. The van der Waals surface area contributed by atoms with Gasteiger partial charge in [-0.2, -0.15) is 0 Å². The van der Waals surface area contributed by atoms with Gasteiger partial charge in [-0.1, -0.05) is 63.1 Å². The molecule has 35 heavy (non-hydrogen) atoms. The quantitative estimate of drug-likeness (QED) is 0.243. The smallest absolute Gasteiger partial charge is 0.216 e. The summed E-state index contributed by atoms with van der Waals surface area (Å²) in [5.41, 5.74) is 13.0. The number of furan rings is 1. The number of aryl methyl sites for hydroxylation is 2. The topological polar surface area (TPSA) is 17.0 Å². The molecule has 0 bridgehead atoms. The van der Waals surface area contributed by atoms with Gasteiger partial charge in [0.05, 0.1) is 5.56 Å². The number of nitrogens with zero attached hydrogens (tertiary/aromatic N) is 1. The van der Waals surface area contributed by atoms with E-state index in [-0.39, 0.29) is 5.41 Å². The maximum Gasteiger partial charge on any atom is 0.216 e. The van der Waals surface area contributed by atoms with Gasteiger partial charge in [-0.15, -0.1) is 0 Å². The Morgan fingerprint density at radius 2 is 1.66 bits per heavy atom. The third-order valence-corrected chi connectivity index (χ3v) is 8.79. The first kappa shape index (κ1) is 20.9. The third-order valence-electron chi connectivity index (χ3n) is 8.79. The zero-order valence-electron chi connectivity index (χ0n) is 21.1. The Balaban J connectivity index is 1.53. The molecule has 0 atom stereocenters. The lowest BCUT2D eigenvalue weighted by Crippen LogP contribution is -2.31. The van der Waals surface area contributed by atoms with E-state index < -0.39 is 0 Å². The first-order chi connectivity index (χ1) is 17.0. The lowest BCUT2D eigenvalue weighted by Gasteiger charge is -2.26. The standard InChI is InChI=1S/C33H32NO/c1-20(2)22-13-16-34(4)29(17-22)31-21(3)11-12-24-26-18-28-25(19-30(26)35-32(24)31)23-9-5-6-10-27(23)33(28)14-7-8-15-33/h5-6,9-13,16-20H,7-8,14-15H2,1-4H3/q+1. The summed E-state index contributed by atoms with van der Waals surface area (Å²) in [5.74, 6) is 0.482. The molecular weight excluding hydrogens is 426 g/mol. The fraction of sp³-hybridized carbons (Fsp3) is 0.303. The van der Waals surface area contributed by atoms with Crippen LogP contribution in [0.3, 0.4) is 0 Å². The Morgan fingerprint density at radius 3 is 2.46 bits per heavy atom. The number of rotatable bonds is 2. The van der Waals surface area contributed by atoms with E-state index in [0.29, 0.717) is 5.92 Å². The summed E-state index contributed by atoms with van der Waals surface area (Å²) < 4.78 is 8.98. The predicted molar refractivity (Wildman–Crippen MR) is 144 cm³/mol. The first-order valence-electron chi connectivity index (χ1n) is 13.1. The summed E-state index contributed by atoms with van der Waals surface area (Å²) in [5, 5.41) is 2.48. The molecule has 0 N–H and O–H groups in total. The van der Waals surface area contributed by atoms with Crippen LogP contribution in [-0.4, -0.2) is 0 Å². The van der Waals surface area contributed by atoms with E-state index in [1.54, 1.807) is 0 Å². The van der Waals surface area contributed by atoms with Gasteiger partial charge in [-0.3, -0.25) is 0 Å². The van der Waals surface area contributed by atoms with Crippen LogP contribution in [-0.2, 0) is 12.5 Å². The second-order valence-electron chi connectivity index (χ2n) is 11.1. The average Bonchev–Trinajstić information content (AvgIpc) is 3.55. The first-order valence-corrected chi connectivity index (χ1v) is 13.1. The van der Waals surface area contributed by atoms with Crippen molar-refractivity contribution >= 4 is 21.9 Å². The van der Waals surface area contributed by atoms with Crippen LogP contribution in [0, 0.1) is 6.92 Å². The molecule has 1 spiro atoms. The molecule has 2 aliphatic rings. The third kappa shape index (κ3) is 2.80. The van der Waals surface area contributed by atoms with Gasteiger partial charge in [0.2, 0.25) is 5.69 Å². The van der Waals surface area contributed by atoms with Gasteiger partial charge in [0.15, 0.2) is 6.20 Å². The molecule has 5 aromatic rings. The average molecular weight is 459 g/mol. The van der Waals surface area contributed by atoms with Crippen molar-refractivity contribution in [3.8, 4) is 22.4 Å². The van der Waals surface area contributed by atoms with Crippen LogP contribution in [0.4, 0.5) is 0 Å². The molecule has 2 aliphatic carbocycles. The SMILES string of the molecule is Cc1ccc2c(oc3cc4c(cc32)C2(CCCC2)c2ccccc2-4)c1-c1cc(C(C)C)cc[n+]1C. The molecule has 0 aliphatic heterocycles. The van der Waals surface area contributed by atoms with E-state index in [0.717, 1.165) is 11.2 Å². The van der Waals surface area contributed by atoms with Gasteiger partial charge in [-0.25, -0.2) is 4.57 Å². The van der Waals surface area contributed by atoms with Crippen molar-refractivity contribution in [3.05, 3.63) is 89.1 Å². The molecule has 2 heteroatoms. The van der Waals surface area contributed by atoms with Gasteiger partial charge >= 0.3 is 0 Å². The van der Waals surface area contributed by atoms with Crippen LogP contribution in [0.1, 0.15) is 67.7 Å². The Bertz CT molecular complexity index is 1650. The normalized spacial score (nSPS) is 16.0. The van der Waals surface area contributed by atoms with E-state index in [1.165, 1.54) is 81.1 Å². The largest absolute Gasteiger partial charge is 0.455 e. The summed E-state index contributed by atoms with van der Waals surface area (Å²) in [7, 11) is 2.13. The minimum Gasteiger partial charge on any atom is -0.455 e. The van der Waals surface area contributed by atoms with Crippen molar-refractivity contribution in [1.82, 2.24) is 0 Å². The van der Waals surface area contributed by atoms with E-state index in [2.05, 4.69) is 99.2 Å². The molecule has 2 heterocycles. The van der Waals surface area contributed by atoms with Crippen molar-refractivity contribution in [1.29, 1.82) is 0 Å². The molecule has 1 saturated carbocycles. The number of pyridine rings is 1. The van der Waals surface area contributed by atoms with E-state index in [1.807, 2.05) is 0 Å². The maximum atomic E-state index is 6.75. The highest BCUT2D eigenvalue weighted by molar-refractivity contribution is 6.11. The van der Waals surface area contributed by atoms with E-state index in [4.69, 9.17) is 4.42 Å². The zero-order valence-corrected chi connectivity index (χ0v) is 21.1. The van der Waals surface area contributed by atoms with Crippen LogP contribution < -0.4 is 4.57 Å². The number of benzene rings is 3. The Labute approximate surface area is 207 Å². The monoisotopic (exact) mass is 458 g/mol. The van der Waals surface area contributed by atoms with Crippen molar-refractivity contribution in [2.24, 2.45) is 7.05 Å². The van der Waals surface area contributed by atoms with Crippen molar-refractivity contribution < 1.29 is 8.98 Å². The second-order valence-corrected chi connectivity index (χ2v) is 11.1. The van der Waals surface area contributed by atoms with E-state index >= 15 is 0 Å². The van der Waals surface area contributed by atoms with Crippen molar-refractivity contribution in [2.45, 2.75) is 57.8 Å². The van der Waals surface area contributed by atoms with Crippen LogP contribution in [0.5, 0.6) is 0 Å². The number of aromatic nitrogens is 1. The fourth-order valence-electron chi connectivity index (χ4n) is 6.91. The minimum absolute atomic E-state index is 0.176. The second kappa shape index (κ2) is 7.31. The molecule has 1 fully saturated rings. The lowest BCUT2D eigenvalue weighted by atomic mass is 9.76. The van der Waals surface area contributed by atoms with Crippen LogP contribution >= 0.6 is 0 Å². The Morgan fingerprint density at radius 1 is 0.857 bits per heavy atom. The van der Waals surface area contributed by atoms with Crippen molar-refractivity contribution in [3.63, 3.8) is 0 Å². The minimum atomic E-state index is 0.176. The van der Waals surface area contributed by atoms with Crippen molar-refractivity contribution in [2.75, 3.05) is 0 Å². The highest BCUT2D eigenvalue weighted by Gasteiger charge is 2.45. The molecule has 0 saturated heterocycles. The summed E-state index contributed by atoms with van der Waals surface area (Å²) >= 11 is 0. The Hall–Kier alpha value is -3.39. The van der Waals surface area contributed by atoms with Gasteiger partial charge in [-0.05, 0) is 71.2 Å². The lowest BCUT2D eigenvalue weighted by molar-refractivity contribution is -0.660. The maximum absolute atomic E-state index is 6.75. The van der Waals surface area contributed by atoms with Gasteiger partial charge in [0, 0.05) is 28.3 Å². The number of hydrogen-bond acceptors (Lipinski definition) is 1. The van der Waals surface area contributed by atoms with Crippen LogP contribution in [0.2, 0.25) is 0 Å². The molecular formula is C33H32NO+. The van der Waals surface area contributed by atoms with E-state index in [9.17, 15) is 0 Å². The molecule has 2 nitrogen and oxygen atoms in total. The van der Waals surface area contributed by atoms with Crippen LogP contribution in [0.25, 0.3) is 44.3 Å². The van der Waals surface area contributed by atoms with Crippen LogP contribution in [0.15, 0.2) is 71.3 Å². The van der Waals surface area contributed by atoms with Gasteiger partial charge < -0.3 is 4.42 Å². The number of hydrogen-bond donors (Lipinski definition) is 0. The number of fused-ring (bicyclic) bond motifs is 8. The molecule has 2 aromatic heterocycles. The van der Waals surface area contributed by atoms with Gasteiger partial charge in [0.25, 0.3) is 0 Å². The summed E-state index contributed by atoms with van der Waals surface area (Å²) in [4.78, 5) is 0. The summed E-state index contributed by atoms with van der Waals surface area (Å²) in [6.45, 7) is 6.71. The molecule has 0 amide bonds. The highest BCUT2D eigenvalue weighted by Crippen LogP contribution is 2.58. The predicted octanol–water partition coefficient (Wildman–Crippen LogP) is 8.35.